The first-order valence-corrected chi connectivity index (χ1v) is 8.63. The Morgan fingerprint density at radius 1 is 1.52 bits per heavy atom. The van der Waals surface area contributed by atoms with Crippen molar-refractivity contribution in [1.29, 1.82) is 0 Å². The average molecular weight is 367 g/mol. The molecule has 0 aromatic carbocycles. The second kappa shape index (κ2) is 8.65. The van der Waals surface area contributed by atoms with Crippen molar-refractivity contribution in [3.8, 4) is 0 Å². The van der Waals surface area contributed by atoms with Gasteiger partial charge in [0, 0.05) is 32.4 Å². The molecule has 0 saturated heterocycles. The molecule has 1 fully saturated rings. The molecule has 1 aromatic rings. The molecule has 0 spiro atoms. The lowest BCUT2D eigenvalue weighted by Crippen LogP contribution is -2.38. The molecule has 10 heteroatoms. The normalized spacial score (nSPS) is 15.7. The van der Waals surface area contributed by atoms with E-state index >= 15 is 0 Å². The van der Waals surface area contributed by atoms with Gasteiger partial charge in [0.25, 0.3) is 5.91 Å². The van der Waals surface area contributed by atoms with E-state index in [0.717, 1.165) is 12.8 Å². The van der Waals surface area contributed by atoms with E-state index in [0.29, 0.717) is 12.5 Å². The predicted molar refractivity (Wildman–Crippen MR) is 88.1 cm³/mol. The number of aromatic amines is 1. The van der Waals surface area contributed by atoms with Gasteiger partial charge in [-0.25, -0.2) is 13.1 Å². The number of carbonyl (C=O) groups is 1. The number of halogens is 1. The van der Waals surface area contributed by atoms with Crippen LogP contribution in [0.25, 0.3) is 0 Å². The summed E-state index contributed by atoms with van der Waals surface area (Å²) < 4.78 is 31.1. The van der Waals surface area contributed by atoms with Crippen LogP contribution >= 0.6 is 12.4 Å². The van der Waals surface area contributed by atoms with E-state index in [4.69, 9.17) is 10.5 Å². The molecule has 1 atom stereocenters. The monoisotopic (exact) mass is 366 g/mol. The van der Waals surface area contributed by atoms with Crippen LogP contribution in [-0.4, -0.2) is 52.2 Å². The lowest BCUT2D eigenvalue weighted by atomic mass is 10.2. The first-order valence-electron chi connectivity index (χ1n) is 7.15. The number of sulfonamides is 1. The van der Waals surface area contributed by atoms with Crippen LogP contribution < -0.4 is 15.8 Å². The molecule has 5 N–H and O–H groups in total. The summed E-state index contributed by atoms with van der Waals surface area (Å²) in [5, 5.41) is 2.71. The Balaban J connectivity index is 0.00000264. The third-order valence-corrected chi connectivity index (χ3v) is 4.98. The Labute approximate surface area is 142 Å². The average Bonchev–Trinajstić information content (AvgIpc) is 3.20. The fourth-order valence-electron chi connectivity index (χ4n) is 2.02. The molecule has 1 aliphatic carbocycles. The van der Waals surface area contributed by atoms with Crippen LogP contribution in [0.4, 0.5) is 0 Å². The smallest absolute Gasteiger partial charge is 0.267 e. The first-order chi connectivity index (χ1) is 10.4. The summed E-state index contributed by atoms with van der Waals surface area (Å²) in [6.45, 7) is 0.828. The standard InChI is InChI=1S/C13H22N4O4S.ClH/c1-21-5-4-17-22(19,20)10-6-12(15-7-10)13(18)16-8-11(14)9-2-3-9;/h6-7,9,11,15,17H,2-5,8,14H2,1H3,(H,16,18);1H. The van der Waals surface area contributed by atoms with E-state index in [9.17, 15) is 13.2 Å². The van der Waals surface area contributed by atoms with Crippen molar-refractivity contribution in [2.75, 3.05) is 26.8 Å². The molecule has 0 radical (unpaired) electrons. The summed E-state index contributed by atoms with van der Waals surface area (Å²) in [6, 6.07) is 1.26. The number of aromatic nitrogens is 1. The second-order valence-corrected chi connectivity index (χ2v) is 7.12. The van der Waals surface area contributed by atoms with Crippen LogP contribution in [0.5, 0.6) is 0 Å². The Hall–Kier alpha value is -1.13. The summed E-state index contributed by atoms with van der Waals surface area (Å²) in [5.74, 6) is 0.124. The maximum absolute atomic E-state index is 12.0. The minimum absolute atomic E-state index is 0. The highest BCUT2D eigenvalue weighted by atomic mass is 35.5. The molecule has 0 aliphatic heterocycles. The molecule has 1 aromatic heterocycles. The minimum atomic E-state index is -3.65. The van der Waals surface area contributed by atoms with Crippen molar-refractivity contribution in [3.63, 3.8) is 0 Å². The molecule has 0 bridgehead atoms. The van der Waals surface area contributed by atoms with E-state index in [1.165, 1.54) is 19.4 Å². The topological polar surface area (TPSA) is 126 Å². The van der Waals surface area contributed by atoms with Crippen LogP contribution in [0, 0.1) is 5.92 Å². The molecule has 1 heterocycles. The summed E-state index contributed by atoms with van der Waals surface area (Å²) in [4.78, 5) is 14.6. The second-order valence-electron chi connectivity index (χ2n) is 5.35. The van der Waals surface area contributed by atoms with Crippen LogP contribution in [0.15, 0.2) is 17.2 Å². The number of nitrogens with one attached hydrogen (secondary N) is 3. The maximum atomic E-state index is 12.0. The van der Waals surface area contributed by atoms with Crippen molar-refractivity contribution in [2.45, 2.75) is 23.8 Å². The number of carbonyl (C=O) groups excluding carboxylic acids is 1. The van der Waals surface area contributed by atoms with E-state index in [-0.39, 0.29) is 48.1 Å². The number of H-pyrrole nitrogens is 1. The number of amides is 1. The molecule has 1 amide bonds. The lowest BCUT2D eigenvalue weighted by Gasteiger charge is -2.10. The predicted octanol–water partition coefficient (Wildman–Crippen LogP) is -0.172. The van der Waals surface area contributed by atoms with Crippen LogP contribution in [0.3, 0.4) is 0 Å². The van der Waals surface area contributed by atoms with E-state index in [1.807, 2.05) is 0 Å². The number of nitrogens with two attached hydrogens (primary N) is 1. The number of hydrogen-bond acceptors (Lipinski definition) is 5. The Morgan fingerprint density at radius 3 is 2.83 bits per heavy atom. The van der Waals surface area contributed by atoms with E-state index in [1.54, 1.807) is 0 Å². The van der Waals surface area contributed by atoms with Gasteiger partial charge in [-0.1, -0.05) is 0 Å². The summed E-state index contributed by atoms with van der Waals surface area (Å²) in [6.07, 6.45) is 3.50. The molecule has 1 aliphatic rings. The highest BCUT2D eigenvalue weighted by Gasteiger charge is 2.28. The van der Waals surface area contributed by atoms with Gasteiger partial charge < -0.3 is 20.8 Å². The van der Waals surface area contributed by atoms with Crippen molar-refractivity contribution < 1.29 is 17.9 Å². The molecule has 132 valence electrons. The number of methoxy groups -OCH3 is 1. The number of ether oxygens (including phenoxy) is 1. The molecule has 1 saturated carbocycles. The molecule has 1 unspecified atom stereocenters. The molecule has 2 rings (SSSR count). The van der Waals surface area contributed by atoms with E-state index in [2.05, 4.69) is 15.0 Å². The van der Waals surface area contributed by atoms with Gasteiger partial charge in [-0.3, -0.25) is 4.79 Å². The Kier molecular flexibility index (Phi) is 7.49. The fraction of sp³-hybridized carbons (Fsp3) is 0.615. The quantitative estimate of drug-likeness (QED) is 0.451. The zero-order chi connectivity index (χ0) is 16.2. The third kappa shape index (κ3) is 5.78. The number of hydrogen-bond donors (Lipinski definition) is 4. The SMILES string of the molecule is COCCNS(=O)(=O)c1c[nH]c(C(=O)NCC(N)C2CC2)c1.Cl. The largest absolute Gasteiger partial charge is 0.383 e. The third-order valence-electron chi connectivity index (χ3n) is 3.54. The lowest BCUT2D eigenvalue weighted by molar-refractivity contribution is 0.0946. The van der Waals surface area contributed by atoms with Gasteiger partial charge in [0.05, 0.1) is 6.61 Å². The van der Waals surface area contributed by atoms with E-state index < -0.39 is 10.0 Å². The molecular formula is C13H23ClN4O4S. The van der Waals surface area contributed by atoms with Crippen LogP contribution in [0.1, 0.15) is 23.3 Å². The molecule has 8 nitrogen and oxygen atoms in total. The van der Waals surface area contributed by atoms with Crippen molar-refractivity contribution in [1.82, 2.24) is 15.0 Å². The maximum Gasteiger partial charge on any atom is 0.267 e. The van der Waals surface area contributed by atoms with Gasteiger partial charge in [0.1, 0.15) is 10.6 Å². The zero-order valence-corrected chi connectivity index (χ0v) is 14.5. The zero-order valence-electron chi connectivity index (χ0n) is 12.9. The molecule has 23 heavy (non-hydrogen) atoms. The number of rotatable bonds is 9. The minimum Gasteiger partial charge on any atom is -0.383 e. The highest BCUT2D eigenvalue weighted by molar-refractivity contribution is 7.89. The Bertz CT molecular complexity index is 615. The van der Waals surface area contributed by atoms with Gasteiger partial charge in [0.2, 0.25) is 10.0 Å². The van der Waals surface area contributed by atoms with Gasteiger partial charge in [0.15, 0.2) is 0 Å². The highest BCUT2D eigenvalue weighted by Crippen LogP contribution is 2.31. The van der Waals surface area contributed by atoms with Gasteiger partial charge in [-0.05, 0) is 24.8 Å². The summed E-state index contributed by atoms with van der Waals surface area (Å²) >= 11 is 0. The summed E-state index contributed by atoms with van der Waals surface area (Å²) in [5.41, 5.74) is 6.10. The van der Waals surface area contributed by atoms with Gasteiger partial charge >= 0.3 is 0 Å². The van der Waals surface area contributed by atoms with Crippen molar-refractivity contribution >= 4 is 28.3 Å². The fourth-order valence-corrected chi connectivity index (χ4v) is 3.02. The molecular weight excluding hydrogens is 344 g/mol. The van der Waals surface area contributed by atoms with Crippen molar-refractivity contribution in [3.05, 3.63) is 18.0 Å². The van der Waals surface area contributed by atoms with Gasteiger partial charge in [-0.15, -0.1) is 12.4 Å². The van der Waals surface area contributed by atoms with Crippen LogP contribution in [0.2, 0.25) is 0 Å². The van der Waals surface area contributed by atoms with Crippen LogP contribution in [-0.2, 0) is 14.8 Å². The Morgan fingerprint density at radius 2 is 2.22 bits per heavy atom. The summed E-state index contributed by atoms with van der Waals surface area (Å²) in [7, 11) is -2.16. The first kappa shape index (κ1) is 19.9. The van der Waals surface area contributed by atoms with Crippen molar-refractivity contribution in [2.24, 2.45) is 11.7 Å². The van der Waals surface area contributed by atoms with Gasteiger partial charge in [-0.2, -0.15) is 0 Å².